The zero-order chi connectivity index (χ0) is 12.3. The van der Waals surface area contributed by atoms with Crippen molar-refractivity contribution in [2.45, 2.75) is 26.8 Å². The van der Waals surface area contributed by atoms with Crippen LogP contribution in [0.15, 0.2) is 0 Å². The molecule has 0 radical (unpaired) electrons. The molecule has 1 aromatic heterocycles. The molecule has 1 aromatic rings. The van der Waals surface area contributed by atoms with Gasteiger partial charge in [-0.15, -0.1) is 0 Å². The third-order valence-corrected chi connectivity index (χ3v) is 3.32. The third kappa shape index (κ3) is 2.93. The van der Waals surface area contributed by atoms with Crippen LogP contribution in [0.1, 0.15) is 29.2 Å². The number of aliphatic hydroxyl groups is 1. The number of thiazole rings is 1. The van der Waals surface area contributed by atoms with E-state index in [2.05, 4.69) is 10.3 Å². The van der Waals surface area contributed by atoms with Gasteiger partial charge in [-0.25, -0.2) is 4.98 Å². The highest BCUT2D eigenvalue weighted by Crippen LogP contribution is 2.19. The van der Waals surface area contributed by atoms with Crippen LogP contribution in [-0.4, -0.2) is 28.6 Å². The number of rotatable bonds is 4. The molecule has 0 aliphatic carbocycles. The maximum atomic E-state index is 11.8. The first-order valence-electron chi connectivity index (χ1n) is 5.10. The second-order valence-corrected chi connectivity index (χ2v) is 5.00. The molecular formula is C10H17N3O2S. The van der Waals surface area contributed by atoms with Crippen LogP contribution in [0.2, 0.25) is 0 Å². The van der Waals surface area contributed by atoms with Crippen LogP contribution < -0.4 is 11.1 Å². The molecule has 1 atom stereocenters. The second kappa shape index (κ2) is 5.27. The van der Waals surface area contributed by atoms with Crippen LogP contribution in [0.5, 0.6) is 0 Å². The summed E-state index contributed by atoms with van der Waals surface area (Å²) in [5.41, 5.74) is 6.14. The van der Waals surface area contributed by atoms with Crippen molar-refractivity contribution < 1.29 is 9.90 Å². The number of aromatic nitrogens is 1. The number of carbonyl (C=O) groups is 1. The van der Waals surface area contributed by atoms with Crippen molar-refractivity contribution in [3.8, 4) is 0 Å². The molecule has 0 unspecified atom stereocenters. The smallest absolute Gasteiger partial charge is 0.263 e. The van der Waals surface area contributed by atoms with Crippen molar-refractivity contribution in [3.05, 3.63) is 10.6 Å². The summed E-state index contributed by atoms with van der Waals surface area (Å²) in [6, 6.07) is -0.241. The van der Waals surface area contributed by atoms with Gasteiger partial charge in [0.25, 0.3) is 5.91 Å². The molecule has 0 aromatic carbocycles. The summed E-state index contributed by atoms with van der Waals surface area (Å²) in [5, 5.41) is 12.3. The van der Waals surface area contributed by atoms with Gasteiger partial charge in [-0.2, -0.15) is 0 Å². The molecule has 0 spiro atoms. The lowest BCUT2D eigenvalue weighted by Gasteiger charge is -2.19. The molecule has 0 saturated carbocycles. The van der Waals surface area contributed by atoms with Crippen molar-refractivity contribution in [2.24, 2.45) is 5.92 Å². The van der Waals surface area contributed by atoms with E-state index in [1.165, 1.54) is 0 Å². The normalized spacial score (nSPS) is 12.8. The number of nitrogen functional groups attached to an aromatic ring is 1. The lowest BCUT2D eigenvalue weighted by Crippen LogP contribution is -2.41. The van der Waals surface area contributed by atoms with Crippen LogP contribution in [0.3, 0.4) is 0 Å². The maximum absolute atomic E-state index is 11.8. The van der Waals surface area contributed by atoms with Crippen LogP contribution in [0.4, 0.5) is 5.13 Å². The number of anilines is 1. The molecule has 5 nitrogen and oxygen atoms in total. The lowest BCUT2D eigenvalue weighted by molar-refractivity contribution is 0.0900. The SMILES string of the molecule is Cc1nc(N)sc1C(=O)N[C@H](CO)C(C)C. The number of hydrogen-bond acceptors (Lipinski definition) is 5. The van der Waals surface area contributed by atoms with E-state index in [1.54, 1.807) is 6.92 Å². The first-order chi connectivity index (χ1) is 7.45. The second-order valence-electron chi connectivity index (χ2n) is 3.97. The van der Waals surface area contributed by atoms with E-state index in [0.29, 0.717) is 15.7 Å². The number of carbonyl (C=O) groups excluding carboxylic acids is 1. The summed E-state index contributed by atoms with van der Waals surface area (Å²) in [4.78, 5) is 16.3. The molecule has 1 heterocycles. The summed E-state index contributed by atoms with van der Waals surface area (Å²) in [6.45, 7) is 5.55. The number of aliphatic hydroxyl groups excluding tert-OH is 1. The Kier molecular flexibility index (Phi) is 4.26. The molecule has 0 bridgehead atoms. The molecule has 0 aliphatic heterocycles. The molecule has 0 aliphatic rings. The maximum Gasteiger partial charge on any atom is 0.263 e. The molecule has 16 heavy (non-hydrogen) atoms. The Morgan fingerprint density at radius 3 is 2.62 bits per heavy atom. The summed E-state index contributed by atoms with van der Waals surface area (Å²) >= 11 is 1.16. The van der Waals surface area contributed by atoms with Crippen LogP contribution >= 0.6 is 11.3 Å². The minimum Gasteiger partial charge on any atom is -0.394 e. The van der Waals surface area contributed by atoms with Gasteiger partial charge < -0.3 is 16.2 Å². The van der Waals surface area contributed by atoms with E-state index in [4.69, 9.17) is 10.8 Å². The highest BCUT2D eigenvalue weighted by atomic mass is 32.1. The average Bonchev–Trinajstić information content (AvgIpc) is 2.53. The fourth-order valence-corrected chi connectivity index (χ4v) is 2.02. The largest absolute Gasteiger partial charge is 0.394 e. The Bertz CT molecular complexity index is 376. The fourth-order valence-electron chi connectivity index (χ4n) is 1.29. The molecule has 0 fully saturated rings. The van der Waals surface area contributed by atoms with Crippen LogP contribution in [0.25, 0.3) is 0 Å². The monoisotopic (exact) mass is 243 g/mol. The summed E-state index contributed by atoms with van der Waals surface area (Å²) in [5.74, 6) is -0.0426. The summed E-state index contributed by atoms with van der Waals surface area (Å²) in [6.07, 6.45) is 0. The van der Waals surface area contributed by atoms with Crippen molar-refractivity contribution in [1.29, 1.82) is 0 Å². The molecule has 6 heteroatoms. The quantitative estimate of drug-likeness (QED) is 0.729. The minimum absolute atomic E-state index is 0.0727. The van der Waals surface area contributed by atoms with Gasteiger partial charge >= 0.3 is 0 Å². The zero-order valence-electron chi connectivity index (χ0n) is 9.65. The third-order valence-electron chi connectivity index (χ3n) is 2.34. The summed E-state index contributed by atoms with van der Waals surface area (Å²) < 4.78 is 0. The number of nitrogens with one attached hydrogen (secondary N) is 1. The first kappa shape index (κ1) is 12.9. The number of nitrogens with two attached hydrogens (primary N) is 1. The van der Waals surface area contributed by atoms with Gasteiger partial charge in [-0.1, -0.05) is 25.2 Å². The van der Waals surface area contributed by atoms with E-state index in [0.717, 1.165) is 11.3 Å². The Morgan fingerprint density at radius 2 is 2.25 bits per heavy atom. The number of amides is 1. The average molecular weight is 243 g/mol. The van der Waals surface area contributed by atoms with Crippen molar-refractivity contribution in [2.75, 3.05) is 12.3 Å². The Morgan fingerprint density at radius 1 is 1.62 bits per heavy atom. The van der Waals surface area contributed by atoms with E-state index in [-0.39, 0.29) is 24.5 Å². The fraction of sp³-hybridized carbons (Fsp3) is 0.600. The molecular weight excluding hydrogens is 226 g/mol. The Hall–Kier alpha value is -1.14. The van der Waals surface area contributed by atoms with Crippen molar-refractivity contribution >= 4 is 22.4 Å². The van der Waals surface area contributed by atoms with Gasteiger partial charge in [0.15, 0.2) is 5.13 Å². The highest BCUT2D eigenvalue weighted by molar-refractivity contribution is 7.17. The van der Waals surface area contributed by atoms with E-state index in [9.17, 15) is 4.79 Å². The Labute approximate surface area is 98.7 Å². The van der Waals surface area contributed by atoms with Crippen molar-refractivity contribution in [1.82, 2.24) is 10.3 Å². The van der Waals surface area contributed by atoms with E-state index < -0.39 is 0 Å². The first-order valence-corrected chi connectivity index (χ1v) is 5.92. The number of aryl methyl sites for hydroxylation is 1. The van der Waals surface area contributed by atoms with Gasteiger partial charge in [0.1, 0.15) is 4.88 Å². The molecule has 1 amide bonds. The Balaban J connectivity index is 2.75. The molecule has 90 valence electrons. The van der Waals surface area contributed by atoms with Gasteiger partial charge in [0.05, 0.1) is 18.3 Å². The minimum atomic E-state index is -0.241. The predicted molar refractivity (Wildman–Crippen MR) is 64.4 cm³/mol. The standard InChI is InChI=1S/C10H17N3O2S/c1-5(2)7(4-14)13-9(15)8-6(3)12-10(11)16-8/h5,7,14H,4H2,1-3H3,(H2,11,12)(H,13,15)/t7-/m1/s1. The molecule has 0 saturated heterocycles. The zero-order valence-corrected chi connectivity index (χ0v) is 10.5. The van der Waals surface area contributed by atoms with E-state index >= 15 is 0 Å². The van der Waals surface area contributed by atoms with Gasteiger partial charge in [0, 0.05) is 0 Å². The summed E-state index contributed by atoms with van der Waals surface area (Å²) in [7, 11) is 0. The topological polar surface area (TPSA) is 88.2 Å². The van der Waals surface area contributed by atoms with Gasteiger partial charge in [0.2, 0.25) is 0 Å². The molecule has 1 rings (SSSR count). The van der Waals surface area contributed by atoms with Crippen LogP contribution in [-0.2, 0) is 0 Å². The number of nitrogens with zero attached hydrogens (tertiary/aromatic N) is 1. The highest BCUT2D eigenvalue weighted by Gasteiger charge is 2.19. The lowest BCUT2D eigenvalue weighted by atomic mass is 10.1. The predicted octanol–water partition coefficient (Wildman–Crippen LogP) is 0.780. The number of hydrogen-bond donors (Lipinski definition) is 3. The van der Waals surface area contributed by atoms with E-state index in [1.807, 2.05) is 13.8 Å². The van der Waals surface area contributed by atoms with Crippen LogP contribution in [0, 0.1) is 12.8 Å². The molecule has 4 N–H and O–H groups in total. The van der Waals surface area contributed by atoms with Crippen molar-refractivity contribution in [3.63, 3.8) is 0 Å². The van der Waals surface area contributed by atoms with Gasteiger partial charge in [-0.3, -0.25) is 4.79 Å². The van der Waals surface area contributed by atoms with Gasteiger partial charge in [-0.05, 0) is 12.8 Å².